The molecule has 11 atom stereocenters. The Kier molecular flexibility index (Phi) is 34.5. The van der Waals surface area contributed by atoms with Gasteiger partial charge < -0.3 is 28.4 Å². The summed E-state index contributed by atoms with van der Waals surface area (Å²) in [6, 6.07) is 58.2. The Bertz CT molecular complexity index is 4640. The minimum absolute atomic E-state index is 0.00444. The van der Waals surface area contributed by atoms with E-state index in [2.05, 4.69) is 199 Å². The van der Waals surface area contributed by atoms with Crippen molar-refractivity contribution in [1.29, 1.82) is 0 Å². The zero-order valence-corrected chi connectivity index (χ0v) is 78.0. The molecule has 0 bridgehead atoms. The number of ketones is 3. The van der Waals surface area contributed by atoms with Crippen molar-refractivity contribution >= 4 is 38.8 Å². The first-order valence-corrected chi connectivity index (χ1v) is 46.9. The molecule has 11 nitrogen and oxygen atoms in total. The van der Waals surface area contributed by atoms with Gasteiger partial charge in [-0.2, -0.15) is 0 Å². The minimum atomic E-state index is -0.183. The number of Topliss-reactive ketones (excluding diaryl/α,β-unsaturated/α-hetero) is 3. The van der Waals surface area contributed by atoms with Gasteiger partial charge in [-0.05, 0) is 287 Å². The topological polar surface area (TPSA) is 141 Å². The van der Waals surface area contributed by atoms with Crippen LogP contribution in [0.1, 0.15) is 257 Å². The molecule has 7 heterocycles. The SMILES string of the molecule is CC1CCC(C)[SiH2]C1.Cc1ccc2c(c1)C(=O)CC(C)C2.Cc1ccc2c(c1)C(=O)OC(C)C2.Cc1ccc2c(c1)CC(=O)C(C)C2.Cc1ccc2c(c1)CCC(C)C2=O.Cc1ccc2c(c1)CCC(C)O2.Cc1ccc2c(c1)CCC(C)O2.Cc1ccc2c(c1)COC(C)C2.Cc1ccc2c(c1)OC(=O)C(C)C2.Cc1ccc2c(c1)OCC(C)C2. The van der Waals surface area contributed by atoms with Gasteiger partial charge in [0, 0.05) is 51.7 Å². The number of aryl methyl sites for hydroxylation is 12. The number of esters is 2. The smallest absolute Gasteiger partial charge is 0.338 e. The zero-order chi connectivity index (χ0) is 87.3. The normalized spacial score (nSPS) is 22.7. The van der Waals surface area contributed by atoms with E-state index in [9.17, 15) is 24.0 Å². The third-order valence-electron chi connectivity index (χ3n) is 24.7. The van der Waals surface area contributed by atoms with Crippen LogP contribution in [-0.4, -0.2) is 69.8 Å². The number of carbonyl (C=O) groups excluding carboxylic acids is 5. The summed E-state index contributed by atoms with van der Waals surface area (Å²) in [6.45, 7) is 43.7. The van der Waals surface area contributed by atoms with Gasteiger partial charge in [-0.15, -0.1) is 0 Å². The van der Waals surface area contributed by atoms with Crippen LogP contribution in [0.15, 0.2) is 164 Å². The Morgan fingerprint density at radius 2 is 0.769 bits per heavy atom. The molecule has 0 aromatic heterocycles. The van der Waals surface area contributed by atoms with Crippen LogP contribution in [0.3, 0.4) is 0 Å². The number of benzene rings is 9. The Labute approximate surface area is 727 Å². The van der Waals surface area contributed by atoms with Crippen LogP contribution in [0.25, 0.3) is 0 Å². The van der Waals surface area contributed by atoms with E-state index in [4.69, 9.17) is 28.4 Å². The highest BCUT2D eigenvalue weighted by molar-refractivity contribution is 6.37. The van der Waals surface area contributed by atoms with Gasteiger partial charge in [0.05, 0.1) is 43.0 Å². The molecule has 11 unspecified atom stereocenters. The molecule has 9 aromatic rings. The Balaban J connectivity index is 0.000000141. The van der Waals surface area contributed by atoms with Crippen molar-refractivity contribution in [1.82, 2.24) is 0 Å². The van der Waals surface area contributed by atoms with Gasteiger partial charge in [0.1, 0.15) is 34.9 Å². The number of hydrogen-bond acceptors (Lipinski definition) is 11. The number of fused-ring (bicyclic) bond motifs is 9. The molecule has 0 spiro atoms. The second-order valence-corrected chi connectivity index (χ2v) is 39.7. The van der Waals surface area contributed by atoms with Crippen LogP contribution in [0.2, 0.25) is 11.6 Å². The van der Waals surface area contributed by atoms with Gasteiger partial charge in [0.25, 0.3) is 0 Å². The fourth-order valence-corrected chi connectivity index (χ4v) is 19.1. The first-order valence-electron chi connectivity index (χ1n) is 45.1. The molecular weight excluding hydrogens is 1510 g/mol. The molecule has 7 aliphatic heterocycles. The molecule has 0 amide bonds. The predicted molar refractivity (Wildman–Crippen MR) is 497 cm³/mol. The summed E-state index contributed by atoms with van der Waals surface area (Å²) in [5, 5.41) is 0. The molecule has 0 radical (unpaired) electrons. The van der Waals surface area contributed by atoms with Crippen LogP contribution in [0, 0.1) is 97.8 Å². The minimum Gasteiger partial charge on any atom is -0.493 e. The van der Waals surface area contributed by atoms with E-state index in [-0.39, 0.29) is 35.8 Å². The van der Waals surface area contributed by atoms with Crippen molar-refractivity contribution in [2.75, 3.05) is 6.61 Å². The number of ether oxygens (including phenoxy) is 6. The van der Waals surface area contributed by atoms with Crippen LogP contribution in [-0.2, 0) is 89.9 Å². The quantitative estimate of drug-likeness (QED) is 0.0814. The van der Waals surface area contributed by atoms with Gasteiger partial charge in [-0.25, -0.2) is 4.79 Å². The predicted octanol–water partition coefficient (Wildman–Crippen LogP) is 24.3. The molecule has 12 heteroatoms. The highest BCUT2D eigenvalue weighted by Gasteiger charge is 2.29. The van der Waals surface area contributed by atoms with E-state index in [0.717, 1.165) is 170 Å². The maximum atomic E-state index is 11.7. The summed E-state index contributed by atoms with van der Waals surface area (Å²) < 4.78 is 32.9. The van der Waals surface area contributed by atoms with E-state index < -0.39 is 0 Å². The van der Waals surface area contributed by atoms with E-state index >= 15 is 0 Å². The average molecular weight is 1650 g/mol. The summed E-state index contributed by atoms with van der Waals surface area (Å²) in [7, 11) is 0.385. The molecule has 644 valence electrons. The number of hydrogen-bond donors (Lipinski definition) is 0. The lowest BCUT2D eigenvalue weighted by molar-refractivity contribution is -0.139. The van der Waals surface area contributed by atoms with Crippen LogP contribution in [0.5, 0.6) is 23.0 Å². The molecule has 0 N–H and O–H groups in total. The molecule has 10 aliphatic rings. The number of cyclic esters (lactones) is 1. The van der Waals surface area contributed by atoms with E-state index in [0.29, 0.717) is 63.4 Å². The van der Waals surface area contributed by atoms with Gasteiger partial charge in [0.2, 0.25) is 0 Å². The summed E-state index contributed by atoms with van der Waals surface area (Å²) in [4.78, 5) is 57.5. The number of rotatable bonds is 0. The number of carbonyl (C=O) groups is 5. The lowest BCUT2D eigenvalue weighted by Gasteiger charge is -2.23. The van der Waals surface area contributed by atoms with Crippen molar-refractivity contribution in [3.05, 3.63) is 292 Å². The fraction of sp³-hybridized carbons (Fsp3) is 0.459. The maximum Gasteiger partial charge on any atom is 0.338 e. The van der Waals surface area contributed by atoms with Crippen molar-refractivity contribution in [3.63, 3.8) is 0 Å². The maximum absolute atomic E-state index is 11.7. The molecule has 9 aromatic carbocycles. The van der Waals surface area contributed by atoms with E-state index in [1.54, 1.807) is 6.04 Å². The van der Waals surface area contributed by atoms with Gasteiger partial charge in [-0.3, -0.25) is 19.2 Å². The monoisotopic (exact) mass is 1650 g/mol. The molecule has 3 aliphatic carbocycles. The molecule has 121 heavy (non-hydrogen) atoms. The van der Waals surface area contributed by atoms with E-state index in [1.165, 1.54) is 102 Å². The lowest BCUT2D eigenvalue weighted by atomic mass is 9.83. The van der Waals surface area contributed by atoms with Crippen molar-refractivity contribution in [3.8, 4) is 23.0 Å². The Morgan fingerprint density at radius 1 is 0.314 bits per heavy atom. The molecule has 1 saturated heterocycles. The zero-order valence-electron chi connectivity index (χ0n) is 76.6. The van der Waals surface area contributed by atoms with Gasteiger partial charge >= 0.3 is 11.9 Å². The first-order chi connectivity index (χ1) is 57.6. The second kappa shape index (κ2) is 44.5. The van der Waals surface area contributed by atoms with Crippen LogP contribution in [0.4, 0.5) is 0 Å². The van der Waals surface area contributed by atoms with Crippen LogP contribution >= 0.6 is 0 Å². The average Bonchev–Trinajstić information content (AvgIpc) is 0.819. The molecular formula is C109H138O11Si. The van der Waals surface area contributed by atoms with Crippen molar-refractivity contribution < 1.29 is 52.4 Å². The fourth-order valence-electron chi connectivity index (χ4n) is 17.1. The largest absolute Gasteiger partial charge is 0.493 e. The highest BCUT2D eigenvalue weighted by atomic mass is 28.2. The first kappa shape index (κ1) is 93.8. The Hall–Kier alpha value is -9.49. The second-order valence-electron chi connectivity index (χ2n) is 37.2. The third kappa shape index (κ3) is 28.3. The summed E-state index contributed by atoms with van der Waals surface area (Å²) in [6.07, 6.45) is 18.1. The van der Waals surface area contributed by atoms with Crippen molar-refractivity contribution in [2.24, 2.45) is 35.5 Å². The third-order valence-corrected chi connectivity index (χ3v) is 27.4. The summed E-state index contributed by atoms with van der Waals surface area (Å²) >= 11 is 0. The Morgan fingerprint density at radius 3 is 1.35 bits per heavy atom. The summed E-state index contributed by atoms with van der Waals surface area (Å²) in [5.41, 5.74) is 29.2. The van der Waals surface area contributed by atoms with Crippen molar-refractivity contribution in [2.45, 2.75) is 284 Å². The van der Waals surface area contributed by atoms with Crippen LogP contribution < -0.4 is 18.9 Å². The lowest BCUT2D eigenvalue weighted by Crippen LogP contribution is -2.25. The summed E-state index contributed by atoms with van der Waals surface area (Å²) in [5.74, 6) is 7.42. The standard InChI is InChI=1S/3C12H14O.2C11H12O2.4C11H14O.C7H16Si/c1-8-3-6-11-10(7-8)5-4-9(2)12(11)13;1-8-3-4-10-5-9(2)7-12(13)11(10)6-8;1-8-3-4-10-6-9(2)12(13)7-11(10)5-8;1-7-3-4-9-6-8(2)13-11(12)10(9)5-7;1-7-3-4-9-6-8(2)11(12)13-10(9)5-7;2*1-8-3-6-11-10(7-8)5-4-9(2)12-11;1-8-3-4-10-5-9(2)7-12-11(10)6-8;1-8-3-4-10-6-9(2)12-7-11(10)5-8;1-6-3-4-7(2)8-5-6/h3,6-7,9H,4-5H2,1-2H3;3-4,6,9H,5,7H2,1-2H3;3-5,9H,6-7H2,1-2H3;2*3-5,8H,6H2,1-2H3;2*3,6-7,9H,4-5H2,1-2H3;3-4,6,9H,5,7H2,1-2H3;3-5,9H,6-7H2,1-2H3;6-7H,3-5,8H2,1-2H3. The van der Waals surface area contributed by atoms with Gasteiger partial charge in [0.15, 0.2) is 11.6 Å². The van der Waals surface area contributed by atoms with Gasteiger partial charge in [-0.1, -0.05) is 239 Å². The molecule has 19 rings (SSSR count). The highest BCUT2D eigenvalue weighted by Crippen LogP contribution is 2.35. The molecule has 1 fully saturated rings. The van der Waals surface area contributed by atoms with E-state index in [1.807, 2.05) is 103 Å². The molecule has 0 saturated carbocycles.